The average Bonchev–Trinajstić information content (AvgIpc) is 3.01. The van der Waals surface area contributed by atoms with Crippen LogP contribution in [0.15, 0.2) is 18.2 Å². The van der Waals surface area contributed by atoms with Gasteiger partial charge in [-0.2, -0.15) is 5.10 Å². The van der Waals surface area contributed by atoms with Crippen LogP contribution in [0.1, 0.15) is 28.1 Å². The molecule has 0 atom stereocenters. The van der Waals surface area contributed by atoms with E-state index in [2.05, 4.69) is 10.4 Å². The van der Waals surface area contributed by atoms with E-state index in [9.17, 15) is 14.4 Å². The standard InChI is InChI=1S/C24H33N5O4/c1-16-7-6-8-17(2)24(16)25-21(30)14-28-9-11-29(12-10-28)22(31)15-33-23(32)13-20-18(3)26-27(5)19(20)4/h6-8H,9-15H2,1-5H3,(H,25,30). The summed E-state index contributed by atoms with van der Waals surface area (Å²) in [5, 5.41) is 7.29. The van der Waals surface area contributed by atoms with Crippen LogP contribution in [0.5, 0.6) is 0 Å². The Hall–Kier alpha value is -3.20. The lowest BCUT2D eigenvalue weighted by atomic mass is 10.1. The van der Waals surface area contributed by atoms with Crippen molar-refractivity contribution in [3.63, 3.8) is 0 Å². The maximum Gasteiger partial charge on any atom is 0.310 e. The lowest BCUT2D eigenvalue weighted by Gasteiger charge is -2.34. The molecule has 2 amide bonds. The van der Waals surface area contributed by atoms with E-state index in [-0.39, 0.29) is 31.4 Å². The highest BCUT2D eigenvalue weighted by Gasteiger charge is 2.24. The van der Waals surface area contributed by atoms with Crippen molar-refractivity contribution in [1.29, 1.82) is 0 Å². The number of para-hydroxylation sites is 1. The number of nitrogens with one attached hydrogen (secondary N) is 1. The van der Waals surface area contributed by atoms with Gasteiger partial charge in [0, 0.05) is 50.2 Å². The zero-order valence-electron chi connectivity index (χ0n) is 20.1. The molecular weight excluding hydrogens is 422 g/mol. The van der Waals surface area contributed by atoms with Crippen LogP contribution in [-0.2, 0) is 32.6 Å². The third-order valence-electron chi connectivity index (χ3n) is 6.17. The number of aromatic nitrogens is 2. The second-order valence-electron chi connectivity index (χ2n) is 8.58. The Balaban J connectivity index is 1.40. The summed E-state index contributed by atoms with van der Waals surface area (Å²) >= 11 is 0. The van der Waals surface area contributed by atoms with Gasteiger partial charge in [-0.3, -0.25) is 24.0 Å². The van der Waals surface area contributed by atoms with Crippen LogP contribution in [0.2, 0.25) is 0 Å². The number of ether oxygens (including phenoxy) is 1. The summed E-state index contributed by atoms with van der Waals surface area (Å²) in [6.45, 7) is 9.86. The minimum absolute atomic E-state index is 0.0675. The molecule has 1 aliphatic heterocycles. The van der Waals surface area contributed by atoms with Gasteiger partial charge < -0.3 is 15.0 Å². The first-order valence-electron chi connectivity index (χ1n) is 11.2. The Morgan fingerprint density at radius 1 is 1.03 bits per heavy atom. The molecule has 1 fully saturated rings. The molecule has 2 heterocycles. The molecule has 1 saturated heterocycles. The number of carbonyl (C=O) groups excluding carboxylic acids is 3. The molecule has 1 aliphatic rings. The third-order valence-corrected chi connectivity index (χ3v) is 6.17. The molecule has 0 bridgehead atoms. The highest BCUT2D eigenvalue weighted by atomic mass is 16.5. The second kappa shape index (κ2) is 10.6. The smallest absolute Gasteiger partial charge is 0.310 e. The number of esters is 1. The maximum atomic E-state index is 12.5. The minimum Gasteiger partial charge on any atom is -0.455 e. The van der Waals surface area contributed by atoms with Crippen LogP contribution < -0.4 is 5.32 Å². The molecule has 0 saturated carbocycles. The van der Waals surface area contributed by atoms with Crippen molar-refractivity contribution >= 4 is 23.5 Å². The lowest BCUT2D eigenvalue weighted by Crippen LogP contribution is -2.51. The SMILES string of the molecule is Cc1cccc(C)c1NC(=O)CN1CCN(C(=O)COC(=O)Cc2c(C)nn(C)c2C)CC1. The normalized spacial score (nSPS) is 14.3. The van der Waals surface area contributed by atoms with Crippen LogP contribution in [0, 0.1) is 27.7 Å². The summed E-state index contributed by atoms with van der Waals surface area (Å²) in [5.74, 6) is -0.728. The Morgan fingerprint density at radius 2 is 1.67 bits per heavy atom. The van der Waals surface area contributed by atoms with Gasteiger partial charge in [0.15, 0.2) is 6.61 Å². The van der Waals surface area contributed by atoms with Gasteiger partial charge >= 0.3 is 5.97 Å². The van der Waals surface area contributed by atoms with E-state index in [1.54, 1.807) is 9.58 Å². The topological polar surface area (TPSA) is 96.8 Å². The maximum absolute atomic E-state index is 12.5. The number of anilines is 1. The summed E-state index contributed by atoms with van der Waals surface area (Å²) in [6, 6.07) is 5.91. The van der Waals surface area contributed by atoms with Gasteiger partial charge in [0.2, 0.25) is 5.91 Å². The summed E-state index contributed by atoms with van der Waals surface area (Å²) < 4.78 is 6.94. The molecule has 1 aromatic heterocycles. The Morgan fingerprint density at radius 3 is 2.24 bits per heavy atom. The van der Waals surface area contributed by atoms with E-state index >= 15 is 0 Å². The molecule has 0 unspecified atom stereocenters. The van der Waals surface area contributed by atoms with Crippen molar-refractivity contribution in [1.82, 2.24) is 19.6 Å². The molecule has 0 radical (unpaired) electrons. The summed E-state index contributed by atoms with van der Waals surface area (Å²) in [6.07, 6.45) is 0.0992. The quantitative estimate of drug-likeness (QED) is 0.636. The van der Waals surface area contributed by atoms with Gasteiger partial charge in [0.05, 0.1) is 18.7 Å². The first-order chi connectivity index (χ1) is 15.7. The number of hydrogen-bond donors (Lipinski definition) is 1. The van der Waals surface area contributed by atoms with Gasteiger partial charge in [-0.1, -0.05) is 18.2 Å². The van der Waals surface area contributed by atoms with Crippen LogP contribution in [0.4, 0.5) is 5.69 Å². The fourth-order valence-corrected chi connectivity index (χ4v) is 4.05. The number of amides is 2. The fourth-order valence-electron chi connectivity index (χ4n) is 4.05. The van der Waals surface area contributed by atoms with E-state index in [1.807, 2.05) is 57.8 Å². The molecule has 1 N–H and O–H groups in total. The molecule has 33 heavy (non-hydrogen) atoms. The molecular formula is C24H33N5O4. The van der Waals surface area contributed by atoms with Gasteiger partial charge in [-0.25, -0.2) is 0 Å². The lowest BCUT2D eigenvalue weighted by molar-refractivity contribution is -0.152. The Labute approximate surface area is 194 Å². The third kappa shape index (κ3) is 6.19. The van der Waals surface area contributed by atoms with Gasteiger partial charge in [0.1, 0.15) is 0 Å². The van der Waals surface area contributed by atoms with E-state index in [4.69, 9.17) is 4.74 Å². The van der Waals surface area contributed by atoms with Crippen molar-refractivity contribution in [2.24, 2.45) is 7.05 Å². The average molecular weight is 456 g/mol. The Bertz CT molecular complexity index is 1020. The second-order valence-corrected chi connectivity index (χ2v) is 8.58. The molecule has 2 aromatic rings. The van der Waals surface area contributed by atoms with E-state index in [0.29, 0.717) is 26.2 Å². The molecule has 0 aliphatic carbocycles. The monoisotopic (exact) mass is 455 g/mol. The number of carbonyl (C=O) groups is 3. The van der Waals surface area contributed by atoms with Crippen molar-refractivity contribution in [3.8, 4) is 0 Å². The van der Waals surface area contributed by atoms with E-state index in [0.717, 1.165) is 33.8 Å². The highest BCUT2D eigenvalue weighted by molar-refractivity contribution is 5.93. The van der Waals surface area contributed by atoms with Crippen LogP contribution >= 0.6 is 0 Å². The van der Waals surface area contributed by atoms with Gasteiger partial charge in [-0.15, -0.1) is 0 Å². The van der Waals surface area contributed by atoms with Crippen molar-refractivity contribution in [2.75, 3.05) is 44.6 Å². The van der Waals surface area contributed by atoms with Crippen molar-refractivity contribution < 1.29 is 19.1 Å². The molecule has 9 heteroatoms. The van der Waals surface area contributed by atoms with E-state index in [1.165, 1.54) is 0 Å². The van der Waals surface area contributed by atoms with Crippen molar-refractivity contribution in [2.45, 2.75) is 34.1 Å². The molecule has 1 aromatic carbocycles. The van der Waals surface area contributed by atoms with Crippen LogP contribution in [-0.4, -0.2) is 76.7 Å². The summed E-state index contributed by atoms with van der Waals surface area (Å²) in [5.41, 5.74) is 5.45. The largest absolute Gasteiger partial charge is 0.455 e. The number of nitrogens with zero attached hydrogens (tertiary/aromatic N) is 4. The van der Waals surface area contributed by atoms with E-state index < -0.39 is 5.97 Å². The van der Waals surface area contributed by atoms with Crippen LogP contribution in [0.25, 0.3) is 0 Å². The summed E-state index contributed by atoms with van der Waals surface area (Å²) in [4.78, 5) is 40.8. The fraction of sp³-hybridized carbons (Fsp3) is 0.500. The number of benzene rings is 1. The molecule has 3 rings (SSSR count). The predicted octanol–water partition coefficient (Wildman–Crippen LogP) is 1.52. The zero-order chi connectivity index (χ0) is 24.1. The molecule has 9 nitrogen and oxygen atoms in total. The summed E-state index contributed by atoms with van der Waals surface area (Å²) in [7, 11) is 1.83. The number of piperazine rings is 1. The van der Waals surface area contributed by atoms with Gasteiger partial charge in [0.25, 0.3) is 5.91 Å². The first-order valence-corrected chi connectivity index (χ1v) is 11.2. The zero-order valence-corrected chi connectivity index (χ0v) is 20.1. The molecule has 0 spiro atoms. The minimum atomic E-state index is -0.440. The predicted molar refractivity (Wildman–Crippen MR) is 125 cm³/mol. The highest BCUT2D eigenvalue weighted by Crippen LogP contribution is 2.19. The molecule has 178 valence electrons. The van der Waals surface area contributed by atoms with Crippen molar-refractivity contribution in [3.05, 3.63) is 46.3 Å². The van der Waals surface area contributed by atoms with Gasteiger partial charge in [-0.05, 0) is 38.8 Å². The number of aryl methyl sites for hydroxylation is 4. The Kier molecular flexibility index (Phi) is 7.86. The number of rotatable bonds is 7. The first kappa shape index (κ1) is 24.4. The number of hydrogen-bond acceptors (Lipinski definition) is 6. The van der Waals surface area contributed by atoms with Crippen LogP contribution in [0.3, 0.4) is 0 Å².